The van der Waals surface area contributed by atoms with Gasteiger partial charge in [-0.25, -0.2) is 0 Å². The highest BCUT2D eigenvalue weighted by Gasteiger charge is 2.55. The minimum atomic E-state index is -0.563. The first kappa shape index (κ1) is 15.4. The van der Waals surface area contributed by atoms with Gasteiger partial charge in [-0.2, -0.15) is 0 Å². The second kappa shape index (κ2) is 6.75. The topological polar surface area (TPSA) is 55.4 Å². The van der Waals surface area contributed by atoms with Crippen LogP contribution in [-0.2, 0) is 28.4 Å². The van der Waals surface area contributed by atoms with Gasteiger partial charge in [0.2, 0.25) is 0 Å². The molecular weight excluding hydrogens is 300 g/mol. The molecule has 6 nitrogen and oxygen atoms in total. The quantitative estimate of drug-likeness (QED) is 0.561. The molecule has 0 aromatic carbocycles. The summed E-state index contributed by atoms with van der Waals surface area (Å²) in [6.07, 6.45) is 0.382. The van der Waals surface area contributed by atoms with Crippen LogP contribution in [0.5, 0.6) is 0 Å². The summed E-state index contributed by atoms with van der Waals surface area (Å²) >= 11 is 5.67. The highest BCUT2D eigenvalue weighted by atomic mass is 35.5. The van der Waals surface area contributed by atoms with Gasteiger partial charge in [0.1, 0.15) is 24.4 Å². The number of hydrogen-bond acceptors (Lipinski definition) is 6. The molecule has 118 valence electrons. The fraction of sp³-hybridized carbons (Fsp3) is 0.714. The van der Waals surface area contributed by atoms with Gasteiger partial charge in [-0.3, -0.25) is 0 Å². The zero-order valence-electron chi connectivity index (χ0n) is 11.6. The number of ether oxygens (including phenoxy) is 6. The van der Waals surface area contributed by atoms with Crippen LogP contribution in [-0.4, -0.2) is 62.4 Å². The van der Waals surface area contributed by atoms with Gasteiger partial charge >= 0.3 is 0 Å². The van der Waals surface area contributed by atoms with E-state index >= 15 is 0 Å². The van der Waals surface area contributed by atoms with Gasteiger partial charge in [-0.1, -0.05) is 13.2 Å². The largest absolute Gasteiger partial charge is 0.349 e. The van der Waals surface area contributed by atoms with Gasteiger partial charge in [-0.05, 0) is 12.2 Å². The van der Waals surface area contributed by atoms with Gasteiger partial charge in [-0.15, -0.1) is 11.6 Å². The summed E-state index contributed by atoms with van der Waals surface area (Å²) in [5.74, 6) is 0.378. The molecule has 2 unspecified atom stereocenters. The molecule has 3 aliphatic heterocycles. The lowest BCUT2D eigenvalue weighted by Gasteiger charge is -2.45. The maximum absolute atomic E-state index is 5.89. The van der Waals surface area contributed by atoms with E-state index in [-0.39, 0.29) is 24.4 Å². The lowest BCUT2D eigenvalue weighted by Crippen LogP contribution is -2.62. The Balaban J connectivity index is 1.76. The number of alkyl halides is 1. The number of hydrogen-bond donors (Lipinski definition) is 0. The summed E-state index contributed by atoms with van der Waals surface area (Å²) in [4.78, 5) is 0. The van der Waals surface area contributed by atoms with E-state index in [1.165, 1.54) is 0 Å². The molecule has 0 aliphatic carbocycles. The zero-order chi connectivity index (χ0) is 14.8. The summed E-state index contributed by atoms with van der Waals surface area (Å²) in [5, 5.41) is 0. The molecule has 3 heterocycles. The van der Waals surface area contributed by atoms with E-state index < -0.39 is 18.9 Å². The van der Waals surface area contributed by atoms with Gasteiger partial charge in [0, 0.05) is 5.88 Å². The van der Waals surface area contributed by atoms with Crippen LogP contribution in [0.25, 0.3) is 0 Å². The summed E-state index contributed by atoms with van der Waals surface area (Å²) in [6, 6.07) is 0. The molecule has 3 saturated heterocycles. The van der Waals surface area contributed by atoms with E-state index in [9.17, 15) is 0 Å². The predicted octanol–water partition coefficient (Wildman–Crippen LogP) is 1.19. The van der Waals surface area contributed by atoms with Crippen LogP contribution in [0, 0.1) is 0 Å². The minimum Gasteiger partial charge on any atom is -0.349 e. The monoisotopic (exact) mass is 318 g/mol. The minimum absolute atomic E-state index is 0.282. The van der Waals surface area contributed by atoms with Crippen molar-refractivity contribution in [3.05, 3.63) is 25.3 Å². The Morgan fingerprint density at radius 3 is 2.43 bits per heavy atom. The second-order valence-electron chi connectivity index (χ2n) is 4.95. The summed E-state index contributed by atoms with van der Waals surface area (Å²) in [7, 11) is 0. The maximum atomic E-state index is 5.89. The third-order valence-electron chi connectivity index (χ3n) is 3.63. The molecule has 21 heavy (non-hydrogen) atoms. The van der Waals surface area contributed by atoms with E-state index in [0.717, 1.165) is 0 Å². The van der Waals surface area contributed by atoms with Crippen molar-refractivity contribution in [2.45, 2.75) is 43.3 Å². The highest BCUT2D eigenvalue weighted by molar-refractivity contribution is 6.17. The molecule has 0 aromatic heterocycles. The van der Waals surface area contributed by atoms with Crippen molar-refractivity contribution in [1.82, 2.24) is 0 Å². The SMILES string of the molecule is C=CC1O[C@@H]2[C@H](O1)[C@@H](OCCCl)O[C@@H]1COC(C=C)O[C@@H]21. The molecule has 0 N–H and O–H groups in total. The molecule has 7 atom stereocenters. The summed E-state index contributed by atoms with van der Waals surface area (Å²) < 4.78 is 34.4. The van der Waals surface area contributed by atoms with Gasteiger partial charge in [0.15, 0.2) is 18.9 Å². The molecule has 0 spiro atoms. The second-order valence-corrected chi connectivity index (χ2v) is 5.32. The molecule has 0 amide bonds. The average Bonchev–Trinajstić information content (AvgIpc) is 2.97. The van der Waals surface area contributed by atoms with Crippen molar-refractivity contribution < 1.29 is 28.4 Å². The molecule has 3 rings (SSSR count). The smallest absolute Gasteiger partial charge is 0.187 e. The lowest BCUT2D eigenvalue weighted by atomic mass is 9.98. The third-order valence-corrected chi connectivity index (χ3v) is 3.79. The zero-order valence-corrected chi connectivity index (χ0v) is 12.3. The fourth-order valence-electron chi connectivity index (χ4n) is 2.73. The Morgan fingerprint density at radius 1 is 1.00 bits per heavy atom. The number of fused-ring (bicyclic) bond motifs is 3. The first-order valence-corrected chi connectivity index (χ1v) is 7.46. The maximum Gasteiger partial charge on any atom is 0.187 e. The van der Waals surface area contributed by atoms with E-state index in [1.807, 2.05) is 0 Å². The summed E-state index contributed by atoms with van der Waals surface area (Å²) in [5.41, 5.74) is 0. The van der Waals surface area contributed by atoms with Crippen molar-refractivity contribution in [1.29, 1.82) is 0 Å². The molecule has 0 radical (unpaired) electrons. The molecule has 3 aliphatic rings. The molecule has 0 bridgehead atoms. The third kappa shape index (κ3) is 3.03. The number of rotatable bonds is 5. The first-order chi connectivity index (χ1) is 10.3. The molecule has 0 aromatic rings. The van der Waals surface area contributed by atoms with Gasteiger partial charge in [0.25, 0.3) is 0 Å². The Morgan fingerprint density at radius 2 is 1.71 bits per heavy atom. The van der Waals surface area contributed by atoms with Crippen LogP contribution in [0.4, 0.5) is 0 Å². The van der Waals surface area contributed by atoms with Crippen molar-refractivity contribution in [3.63, 3.8) is 0 Å². The standard InChI is InChI=1S/C14H19ClO6/c1-3-9-17-7-8-11(19-9)12-13(21-10(4-2)20-12)14(18-8)16-6-5-15/h3-4,8-14H,1-2,5-7H2/t8-,9?,10?,11-,12+,13+,14+/m1/s1. The lowest BCUT2D eigenvalue weighted by molar-refractivity contribution is -0.334. The van der Waals surface area contributed by atoms with Crippen LogP contribution < -0.4 is 0 Å². The average molecular weight is 319 g/mol. The predicted molar refractivity (Wildman–Crippen MR) is 73.9 cm³/mol. The Labute approximate surface area is 128 Å². The Hall–Kier alpha value is -0.470. The van der Waals surface area contributed by atoms with Crippen LogP contribution in [0.1, 0.15) is 0 Å². The van der Waals surface area contributed by atoms with Gasteiger partial charge < -0.3 is 28.4 Å². The fourth-order valence-corrected chi connectivity index (χ4v) is 2.82. The van der Waals surface area contributed by atoms with Crippen molar-refractivity contribution in [3.8, 4) is 0 Å². The Kier molecular flexibility index (Phi) is 4.96. The van der Waals surface area contributed by atoms with Crippen LogP contribution in [0.2, 0.25) is 0 Å². The normalized spacial score (nSPS) is 45.7. The van der Waals surface area contributed by atoms with Crippen molar-refractivity contribution in [2.75, 3.05) is 19.1 Å². The molecule has 3 fully saturated rings. The van der Waals surface area contributed by atoms with E-state index in [4.69, 9.17) is 40.0 Å². The molecular formula is C14H19ClO6. The molecule has 0 saturated carbocycles. The van der Waals surface area contributed by atoms with Crippen molar-refractivity contribution in [2.24, 2.45) is 0 Å². The molecule has 7 heteroatoms. The van der Waals surface area contributed by atoms with Crippen molar-refractivity contribution >= 4 is 11.6 Å². The van der Waals surface area contributed by atoms with Crippen LogP contribution >= 0.6 is 11.6 Å². The van der Waals surface area contributed by atoms with E-state index in [0.29, 0.717) is 19.1 Å². The van der Waals surface area contributed by atoms with E-state index in [2.05, 4.69) is 13.2 Å². The Bertz CT molecular complexity index is 392. The van der Waals surface area contributed by atoms with Gasteiger partial charge in [0.05, 0.1) is 13.2 Å². The number of halogens is 1. The van der Waals surface area contributed by atoms with E-state index in [1.54, 1.807) is 12.2 Å². The first-order valence-electron chi connectivity index (χ1n) is 6.93. The highest BCUT2D eigenvalue weighted by Crippen LogP contribution is 2.37. The van der Waals surface area contributed by atoms with Crippen LogP contribution in [0.3, 0.4) is 0 Å². The summed E-state index contributed by atoms with van der Waals surface area (Å²) in [6.45, 7) is 8.11. The van der Waals surface area contributed by atoms with Crippen LogP contribution in [0.15, 0.2) is 25.3 Å².